The highest BCUT2D eigenvalue weighted by Gasteiger charge is 2.40. The minimum Gasteiger partial charge on any atom is -0.471 e. The third-order valence-corrected chi connectivity index (χ3v) is 5.87. The zero-order chi connectivity index (χ0) is 21.2. The lowest BCUT2D eigenvalue weighted by Gasteiger charge is -2.42. The number of ketones is 1. The van der Waals surface area contributed by atoms with Crippen LogP contribution in [-0.4, -0.2) is 19.1 Å². The number of nitrogens with one attached hydrogen (secondary N) is 2. The van der Waals surface area contributed by atoms with Crippen LogP contribution in [0.2, 0.25) is 0 Å². The van der Waals surface area contributed by atoms with Crippen molar-refractivity contribution in [1.29, 1.82) is 0 Å². The standard InChI is InChI=1S/C23H23F3N2O2/c24-23(25,26)18-6-4-17(5-7-18)22(10-1-11-22)12-20(29)13-28-19-8-2-16(3-9-19)21-14-27-15-30-21/h2-9,14,27-28H,1,10-13,15H2. The molecular weight excluding hydrogens is 393 g/mol. The average molecular weight is 416 g/mol. The summed E-state index contributed by atoms with van der Waals surface area (Å²) < 4.78 is 43.9. The first-order valence-corrected chi connectivity index (χ1v) is 9.96. The number of benzene rings is 2. The van der Waals surface area contributed by atoms with Gasteiger partial charge < -0.3 is 15.4 Å². The molecular formula is C23H23F3N2O2. The summed E-state index contributed by atoms with van der Waals surface area (Å²) in [5.74, 6) is 0.825. The Morgan fingerprint density at radius 1 is 1.07 bits per heavy atom. The molecule has 1 saturated carbocycles. The van der Waals surface area contributed by atoms with E-state index >= 15 is 0 Å². The van der Waals surface area contributed by atoms with Crippen LogP contribution < -0.4 is 10.6 Å². The van der Waals surface area contributed by atoms with Gasteiger partial charge in [0.2, 0.25) is 0 Å². The van der Waals surface area contributed by atoms with Crippen LogP contribution in [0, 0.1) is 0 Å². The number of hydrogen-bond donors (Lipinski definition) is 2. The van der Waals surface area contributed by atoms with E-state index < -0.39 is 11.7 Å². The maximum absolute atomic E-state index is 12.8. The number of ether oxygens (including phenoxy) is 1. The molecule has 1 heterocycles. The Hall–Kier alpha value is -2.96. The lowest BCUT2D eigenvalue weighted by molar-refractivity contribution is -0.137. The first-order chi connectivity index (χ1) is 14.4. The SMILES string of the molecule is O=C(CNc1ccc(C2=CNCO2)cc1)CC1(c2ccc(C(F)(F)F)cc2)CCC1. The summed E-state index contributed by atoms with van der Waals surface area (Å²) >= 11 is 0. The van der Waals surface area contributed by atoms with Crippen molar-refractivity contribution >= 4 is 17.2 Å². The van der Waals surface area contributed by atoms with E-state index in [1.54, 1.807) is 0 Å². The molecule has 30 heavy (non-hydrogen) atoms. The molecule has 2 aromatic carbocycles. The number of carbonyl (C=O) groups is 1. The molecule has 2 aliphatic rings. The van der Waals surface area contributed by atoms with E-state index in [9.17, 15) is 18.0 Å². The van der Waals surface area contributed by atoms with Crippen LogP contribution in [0.5, 0.6) is 0 Å². The number of carbonyl (C=O) groups excluding carboxylic acids is 1. The molecule has 1 aliphatic heterocycles. The van der Waals surface area contributed by atoms with Gasteiger partial charge in [0.25, 0.3) is 0 Å². The second kappa shape index (κ2) is 8.05. The van der Waals surface area contributed by atoms with Gasteiger partial charge in [-0.3, -0.25) is 4.79 Å². The van der Waals surface area contributed by atoms with Crippen molar-refractivity contribution in [3.05, 3.63) is 71.4 Å². The molecule has 4 nitrogen and oxygen atoms in total. The van der Waals surface area contributed by atoms with Gasteiger partial charge in [-0.15, -0.1) is 0 Å². The van der Waals surface area contributed by atoms with Crippen molar-refractivity contribution in [2.45, 2.75) is 37.3 Å². The fourth-order valence-electron chi connectivity index (χ4n) is 4.04. The van der Waals surface area contributed by atoms with Gasteiger partial charge in [-0.25, -0.2) is 0 Å². The van der Waals surface area contributed by atoms with Gasteiger partial charge in [0.05, 0.1) is 12.1 Å². The minimum atomic E-state index is -4.35. The number of anilines is 1. The number of halogens is 3. The van der Waals surface area contributed by atoms with Gasteiger partial charge in [0.15, 0.2) is 12.5 Å². The molecule has 0 amide bonds. The largest absolute Gasteiger partial charge is 0.471 e. The second-order valence-electron chi connectivity index (χ2n) is 7.86. The molecule has 2 N–H and O–H groups in total. The van der Waals surface area contributed by atoms with E-state index in [0.29, 0.717) is 13.2 Å². The third kappa shape index (κ3) is 4.30. The fraction of sp³-hybridized carbons (Fsp3) is 0.348. The monoisotopic (exact) mass is 416 g/mol. The maximum Gasteiger partial charge on any atom is 0.416 e. The topological polar surface area (TPSA) is 50.4 Å². The Morgan fingerprint density at radius 3 is 2.30 bits per heavy atom. The lowest BCUT2D eigenvalue weighted by Crippen LogP contribution is -2.38. The molecule has 0 spiro atoms. The summed E-state index contributed by atoms with van der Waals surface area (Å²) in [6.45, 7) is 0.646. The van der Waals surface area contributed by atoms with Crippen LogP contribution in [0.4, 0.5) is 18.9 Å². The van der Waals surface area contributed by atoms with Gasteiger partial charge in [-0.2, -0.15) is 13.2 Å². The zero-order valence-electron chi connectivity index (χ0n) is 16.4. The quantitative estimate of drug-likeness (QED) is 0.661. The van der Waals surface area contributed by atoms with E-state index in [1.165, 1.54) is 12.1 Å². The summed E-state index contributed by atoms with van der Waals surface area (Å²) in [6.07, 6.45) is 0.415. The van der Waals surface area contributed by atoms with Crippen LogP contribution in [0.3, 0.4) is 0 Å². The highest BCUT2D eigenvalue weighted by atomic mass is 19.4. The second-order valence-corrected chi connectivity index (χ2v) is 7.86. The van der Waals surface area contributed by atoms with Gasteiger partial charge >= 0.3 is 6.18 Å². The van der Waals surface area contributed by atoms with Crippen molar-refractivity contribution in [2.75, 3.05) is 18.6 Å². The highest BCUT2D eigenvalue weighted by Crippen LogP contribution is 2.47. The molecule has 1 aliphatic carbocycles. The Kier molecular flexibility index (Phi) is 5.45. The molecule has 7 heteroatoms. The summed E-state index contributed by atoms with van der Waals surface area (Å²) in [5, 5.41) is 6.12. The Balaban J connectivity index is 1.35. The average Bonchev–Trinajstić information content (AvgIpc) is 3.24. The van der Waals surface area contributed by atoms with Crippen molar-refractivity contribution in [3.63, 3.8) is 0 Å². The zero-order valence-corrected chi connectivity index (χ0v) is 16.4. The number of hydrogen-bond acceptors (Lipinski definition) is 4. The summed E-state index contributed by atoms with van der Waals surface area (Å²) in [5.41, 5.74) is 1.60. The molecule has 0 unspecified atom stereocenters. The predicted molar refractivity (Wildman–Crippen MR) is 109 cm³/mol. The summed E-state index contributed by atoms with van der Waals surface area (Å²) in [4.78, 5) is 12.6. The number of alkyl halides is 3. The van der Waals surface area contributed by atoms with E-state index in [1.807, 2.05) is 30.5 Å². The van der Waals surface area contributed by atoms with Crippen LogP contribution in [0.15, 0.2) is 54.7 Å². The lowest BCUT2D eigenvalue weighted by atomic mass is 9.62. The van der Waals surface area contributed by atoms with Gasteiger partial charge in [-0.05, 0) is 54.8 Å². The summed E-state index contributed by atoms with van der Waals surface area (Å²) in [6, 6.07) is 12.9. The van der Waals surface area contributed by atoms with Crippen LogP contribution >= 0.6 is 0 Å². The minimum absolute atomic E-state index is 0.0460. The third-order valence-electron chi connectivity index (χ3n) is 5.87. The summed E-state index contributed by atoms with van der Waals surface area (Å²) in [7, 11) is 0. The predicted octanol–water partition coefficient (Wildman–Crippen LogP) is 5.07. The Bertz CT molecular complexity index is 930. The highest BCUT2D eigenvalue weighted by molar-refractivity contribution is 5.84. The Labute approximate surface area is 173 Å². The molecule has 0 atom stereocenters. The van der Waals surface area contributed by atoms with Crippen LogP contribution in [-0.2, 0) is 21.1 Å². The van der Waals surface area contributed by atoms with Crippen LogP contribution in [0.1, 0.15) is 42.4 Å². The molecule has 0 radical (unpaired) electrons. The number of rotatable bonds is 7. The van der Waals surface area contributed by atoms with E-state index in [-0.39, 0.29) is 17.7 Å². The smallest absolute Gasteiger partial charge is 0.416 e. The van der Waals surface area contributed by atoms with Gasteiger partial charge in [0.1, 0.15) is 5.76 Å². The fourth-order valence-corrected chi connectivity index (χ4v) is 4.04. The van der Waals surface area contributed by atoms with Crippen molar-refractivity contribution in [1.82, 2.24) is 5.32 Å². The molecule has 0 aromatic heterocycles. The van der Waals surface area contributed by atoms with Crippen molar-refractivity contribution in [3.8, 4) is 0 Å². The number of Topliss-reactive ketones (excluding diaryl/α,β-unsaturated/α-hetero) is 1. The maximum atomic E-state index is 12.8. The van der Waals surface area contributed by atoms with Gasteiger partial charge in [0, 0.05) is 29.3 Å². The van der Waals surface area contributed by atoms with Crippen molar-refractivity contribution in [2.24, 2.45) is 0 Å². The van der Waals surface area contributed by atoms with E-state index in [0.717, 1.165) is 54.0 Å². The molecule has 2 aromatic rings. The molecule has 4 rings (SSSR count). The van der Waals surface area contributed by atoms with E-state index in [2.05, 4.69) is 10.6 Å². The van der Waals surface area contributed by atoms with Gasteiger partial charge in [-0.1, -0.05) is 18.6 Å². The molecule has 158 valence electrons. The first kappa shape index (κ1) is 20.3. The van der Waals surface area contributed by atoms with E-state index in [4.69, 9.17) is 4.74 Å². The molecule has 1 fully saturated rings. The Morgan fingerprint density at radius 2 is 1.77 bits per heavy atom. The molecule has 0 bridgehead atoms. The first-order valence-electron chi connectivity index (χ1n) is 9.96. The normalized spacial score (nSPS) is 17.4. The van der Waals surface area contributed by atoms with Crippen molar-refractivity contribution < 1.29 is 22.7 Å². The van der Waals surface area contributed by atoms with Crippen LogP contribution in [0.25, 0.3) is 5.76 Å². The molecule has 0 saturated heterocycles.